The number of aromatic hydroxyl groups is 1. The van der Waals surface area contributed by atoms with Crippen LogP contribution >= 0.6 is 11.8 Å². The third-order valence-corrected chi connectivity index (χ3v) is 5.05. The van der Waals surface area contributed by atoms with E-state index in [-0.39, 0.29) is 11.7 Å². The number of hydrogen-bond donors (Lipinski definition) is 2. The first-order valence-electron chi connectivity index (χ1n) is 9.19. The lowest BCUT2D eigenvalue weighted by Gasteiger charge is -2.05. The highest BCUT2D eigenvalue weighted by Crippen LogP contribution is 2.25. The molecule has 0 aliphatic rings. The molecule has 2 aromatic carbocycles. The zero-order valence-corrected chi connectivity index (χ0v) is 17.7. The number of carbonyl (C=O) groups excluding carboxylic acids is 1. The fourth-order valence-electron chi connectivity index (χ4n) is 2.68. The second-order valence-electron chi connectivity index (χ2n) is 6.55. The first-order valence-corrected chi connectivity index (χ1v) is 10.2. The predicted octanol–water partition coefficient (Wildman–Crippen LogP) is 3.86. The molecule has 0 aliphatic heterocycles. The Morgan fingerprint density at radius 3 is 2.47 bits per heavy atom. The highest BCUT2D eigenvalue weighted by molar-refractivity contribution is 7.98. The lowest BCUT2D eigenvalue weighted by atomic mass is 10.1. The third kappa shape index (κ3) is 5.81. The van der Waals surface area contributed by atoms with Crippen LogP contribution in [-0.2, 0) is 5.75 Å². The molecule has 0 spiro atoms. The molecule has 0 saturated carbocycles. The highest BCUT2D eigenvalue weighted by Gasteiger charge is 2.06. The van der Waals surface area contributed by atoms with Gasteiger partial charge in [0.2, 0.25) is 0 Å². The van der Waals surface area contributed by atoms with E-state index in [1.165, 1.54) is 19.4 Å². The molecule has 3 rings (SSSR count). The average molecular weight is 423 g/mol. The van der Waals surface area contributed by atoms with Crippen LogP contribution in [0.4, 0.5) is 0 Å². The van der Waals surface area contributed by atoms with Gasteiger partial charge in [-0.05, 0) is 61.4 Å². The Morgan fingerprint density at radius 2 is 1.83 bits per heavy atom. The maximum atomic E-state index is 12.2. The molecule has 0 fully saturated rings. The molecule has 2 N–H and O–H groups in total. The quantitative estimate of drug-likeness (QED) is 0.260. The zero-order chi connectivity index (χ0) is 21.5. The molecule has 0 atom stereocenters. The van der Waals surface area contributed by atoms with Gasteiger partial charge in [-0.2, -0.15) is 5.10 Å². The van der Waals surface area contributed by atoms with Gasteiger partial charge in [0.15, 0.2) is 16.7 Å². The van der Waals surface area contributed by atoms with Crippen molar-refractivity contribution in [3.63, 3.8) is 0 Å². The van der Waals surface area contributed by atoms with Crippen molar-refractivity contribution >= 4 is 23.9 Å². The van der Waals surface area contributed by atoms with Gasteiger partial charge in [-0.15, -0.1) is 0 Å². The van der Waals surface area contributed by atoms with Gasteiger partial charge in [-0.1, -0.05) is 23.9 Å². The van der Waals surface area contributed by atoms with Crippen molar-refractivity contribution in [2.75, 3.05) is 7.11 Å². The first kappa shape index (κ1) is 21.3. The van der Waals surface area contributed by atoms with Crippen molar-refractivity contribution < 1.29 is 14.6 Å². The number of nitrogens with zero attached hydrogens (tertiary/aromatic N) is 3. The summed E-state index contributed by atoms with van der Waals surface area (Å²) < 4.78 is 4.99. The fraction of sp³-hybridized carbons (Fsp3) is 0.182. The number of hydrogen-bond acceptors (Lipinski definition) is 7. The summed E-state index contributed by atoms with van der Waals surface area (Å²) in [6, 6.07) is 14.1. The summed E-state index contributed by atoms with van der Waals surface area (Å²) in [5, 5.41) is 14.4. The molecule has 154 valence electrons. The smallest absolute Gasteiger partial charge is 0.271 e. The van der Waals surface area contributed by atoms with Crippen LogP contribution in [0.3, 0.4) is 0 Å². The van der Waals surface area contributed by atoms with E-state index in [4.69, 9.17) is 4.74 Å². The topological polar surface area (TPSA) is 96.7 Å². The molecule has 0 saturated heterocycles. The van der Waals surface area contributed by atoms with Gasteiger partial charge in [0, 0.05) is 22.7 Å². The standard InChI is InChI=1S/C22H22N4O3S/c1-14-10-15(2)25-22(24-14)30-13-16-4-7-18(8-5-16)21(28)26-23-12-17-6-9-20(29-3)19(27)11-17/h4-12,27H,13H2,1-3H3,(H,26,28)/b23-12+. The summed E-state index contributed by atoms with van der Waals surface area (Å²) in [5.41, 5.74) is 6.57. The van der Waals surface area contributed by atoms with Gasteiger partial charge >= 0.3 is 0 Å². The molecule has 3 aromatic rings. The van der Waals surface area contributed by atoms with Crippen LogP contribution in [0.2, 0.25) is 0 Å². The van der Waals surface area contributed by atoms with E-state index in [0.29, 0.717) is 22.6 Å². The number of amides is 1. The van der Waals surface area contributed by atoms with Crippen LogP contribution in [-0.4, -0.2) is 34.3 Å². The summed E-state index contributed by atoms with van der Waals surface area (Å²) in [6.07, 6.45) is 1.45. The van der Waals surface area contributed by atoms with E-state index >= 15 is 0 Å². The highest BCUT2D eigenvalue weighted by atomic mass is 32.2. The summed E-state index contributed by atoms with van der Waals surface area (Å²) in [7, 11) is 1.48. The Kier molecular flexibility index (Phi) is 7.03. The van der Waals surface area contributed by atoms with E-state index in [0.717, 1.165) is 22.1 Å². The van der Waals surface area contributed by atoms with Crippen LogP contribution in [0.15, 0.2) is 58.8 Å². The number of hydrazone groups is 1. The van der Waals surface area contributed by atoms with Crippen molar-refractivity contribution in [3.8, 4) is 11.5 Å². The number of ether oxygens (including phenoxy) is 1. The minimum Gasteiger partial charge on any atom is -0.504 e. The number of methoxy groups -OCH3 is 1. The van der Waals surface area contributed by atoms with Crippen LogP contribution in [0.5, 0.6) is 11.5 Å². The lowest BCUT2D eigenvalue weighted by molar-refractivity contribution is 0.0955. The maximum Gasteiger partial charge on any atom is 0.271 e. The van der Waals surface area contributed by atoms with Crippen molar-refractivity contribution in [3.05, 3.63) is 76.6 Å². The van der Waals surface area contributed by atoms with Gasteiger partial charge in [-0.3, -0.25) is 4.79 Å². The third-order valence-electron chi connectivity index (χ3n) is 4.13. The fourth-order valence-corrected chi connectivity index (χ4v) is 3.58. The van der Waals surface area contributed by atoms with E-state index in [1.54, 1.807) is 36.0 Å². The second-order valence-corrected chi connectivity index (χ2v) is 7.49. The Hall–Kier alpha value is -3.39. The summed E-state index contributed by atoms with van der Waals surface area (Å²) in [4.78, 5) is 21.1. The van der Waals surface area contributed by atoms with E-state index in [9.17, 15) is 9.90 Å². The maximum absolute atomic E-state index is 12.2. The van der Waals surface area contributed by atoms with Crippen LogP contribution in [0, 0.1) is 13.8 Å². The van der Waals surface area contributed by atoms with E-state index in [1.807, 2.05) is 32.0 Å². The molecular weight excluding hydrogens is 400 g/mol. The number of aryl methyl sites for hydroxylation is 2. The van der Waals surface area contributed by atoms with Crippen LogP contribution in [0.1, 0.15) is 32.9 Å². The average Bonchev–Trinajstić information content (AvgIpc) is 2.72. The number of thioether (sulfide) groups is 1. The zero-order valence-electron chi connectivity index (χ0n) is 16.9. The normalized spacial score (nSPS) is 10.9. The number of phenols is 1. The van der Waals surface area contributed by atoms with Crippen molar-refractivity contribution in [1.82, 2.24) is 15.4 Å². The molecule has 30 heavy (non-hydrogen) atoms. The Balaban J connectivity index is 1.55. The lowest BCUT2D eigenvalue weighted by Crippen LogP contribution is -2.17. The van der Waals surface area contributed by atoms with Crippen LogP contribution in [0.25, 0.3) is 0 Å². The first-order chi connectivity index (χ1) is 14.4. The summed E-state index contributed by atoms with van der Waals surface area (Å²) in [6.45, 7) is 3.90. The molecule has 0 radical (unpaired) electrons. The van der Waals surface area contributed by atoms with Gasteiger partial charge in [0.1, 0.15) is 0 Å². The number of rotatable bonds is 7. The molecule has 0 aliphatic carbocycles. The van der Waals surface area contributed by atoms with E-state index in [2.05, 4.69) is 20.5 Å². The number of nitrogens with one attached hydrogen (secondary N) is 1. The van der Waals surface area contributed by atoms with Gasteiger partial charge in [0.05, 0.1) is 13.3 Å². The van der Waals surface area contributed by atoms with Gasteiger partial charge in [0.25, 0.3) is 5.91 Å². The van der Waals surface area contributed by atoms with Crippen molar-refractivity contribution in [2.45, 2.75) is 24.8 Å². The molecule has 7 nitrogen and oxygen atoms in total. The number of aromatic nitrogens is 2. The second kappa shape index (κ2) is 9.89. The molecular formula is C22H22N4O3S. The SMILES string of the molecule is COc1ccc(/C=N/NC(=O)c2ccc(CSc3nc(C)cc(C)n3)cc2)cc1O. The predicted molar refractivity (Wildman–Crippen MR) is 117 cm³/mol. The molecule has 1 heterocycles. The molecule has 8 heteroatoms. The monoisotopic (exact) mass is 422 g/mol. The largest absolute Gasteiger partial charge is 0.504 e. The van der Waals surface area contributed by atoms with Crippen LogP contribution < -0.4 is 10.2 Å². The van der Waals surface area contributed by atoms with Gasteiger partial charge in [-0.25, -0.2) is 15.4 Å². The Bertz CT molecular complexity index is 1050. The minimum absolute atomic E-state index is 0.00691. The van der Waals surface area contributed by atoms with Crippen molar-refractivity contribution in [1.29, 1.82) is 0 Å². The van der Waals surface area contributed by atoms with Gasteiger partial charge < -0.3 is 9.84 Å². The molecule has 1 amide bonds. The molecule has 0 bridgehead atoms. The summed E-state index contributed by atoms with van der Waals surface area (Å²) in [5.74, 6) is 0.774. The Morgan fingerprint density at radius 1 is 1.13 bits per heavy atom. The number of phenolic OH excluding ortho intramolecular Hbond substituents is 1. The van der Waals surface area contributed by atoms with E-state index < -0.39 is 0 Å². The Labute approximate surface area is 179 Å². The number of benzene rings is 2. The minimum atomic E-state index is -0.319. The molecule has 0 unspecified atom stereocenters. The van der Waals surface area contributed by atoms with Crippen molar-refractivity contribution in [2.24, 2.45) is 5.10 Å². The molecule has 1 aromatic heterocycles. The summed E-state index contributed by atoms with van der Waals surface area (Å²) >= 11 is 1.56. The number of carbonyl (C=O) groups is 1.